The van der Waals surface area contributed by atoms with Crippen molar-refractivity contribution >= 4 is 16.9 Å². The summed E-state index contributed by atoms with van der Waals surface area (Å²) in [5, 5.41) is 10.0. The standard InChI is InChI=1S/C24H16O5/c25-16-8-6-15(7-9-16)18-12-21(26)29-20-11-10-17-23(27)19(13-28-24(17)22(18)20)14-4-2-1-3-5-14/h1-11,13,18,25H,12H2/t18-/m0/s1. The number of fused-ring (bicyclic) bond motifs is 3. The molecule has 0 amide bonds. The summed E-state index contributed by atoms with van der Waals surface area (Å²) < 4.78 is 11.4. The van der Waals surface area contributed by atoms with Crippen molar-refractivity contribution in [2.75, 3.05) is 0 Å². The topological polar surface area (TPSA) is 76.7 Å². The molecule has 0 bridgehead atoms. The number of aromatic hydroxyl groups is 1. The average molecular weight is 384 g/mol. The van der Waals surface area contributed by atoms with Gasteiger partial charge in [-0.05, 0) is 35.4 Å². The van der Waals surface area contributed by atoms with Crippen LogP contribution in [0, 0.1) is 0 Å². The van der Waals surface area contributed by atoms with E-state index in [2.05, 4.69) is 0 Å². The molecule has 0 saturated heterocycles. The van der Waals surface area contributed by atoms with Crippen LogP contribution in [0.1, 0.15) is 23.5 Å². The molecule has 1 atom stereocenters. The molecule has 3 aromatic carbocycles. The van der Waals surface area contributed by atoms with Crippen LogP contribution in [0.3, 0.4) is 0 Å². The molecule has 29 heavy (non-hydrogen) atoms. The van der Waals surface area contributed by atoms with Crippen LogP contribution < -0.4 is 10.2 Å². The highest BCUT2D eigenvalue weighted by atomic mass is 16.5. The summed E-state index contributed by atoms with van der Waals surface area (Å²) in [6, 6.07) is 19.3. The zero-order chi connectivity index (χ0) is 20.0. The van der Waals surface area contributed by atoms with Gasteiger partial charge in [0.25, 0.3) is 0 Å². The number of phenols is 1. The molecule has 1 aliphatic heterocycles. The van der Waals surface area contributed by atoms with E-state index in [1.54, 1.807) is 36.4 Å². The molecule has 5 rings (SSSR count). The van der Waals surface area contributed by atoms with E-state index in [0.717, 1.165) is 11.1 Å². The van der Waals surface area contributed by atoms with E-state index >= 15 is 0 Å². The molecule has 1 aromatic heterocycles. The molecule has 1 aliphatic rings. The maximum atomic E-state index is 13.2. The Bertz CT molecular complexity index is 1290. The Morgan fingerprint density at radius 2 is 1.66 bits per heavy atom. The molecule has 0 radical (unpaired) electrons. The quantitative estimate of drug-likeness (QED) is 0.404. The fourth-order valence-electron chi connectivity index (χ4n) is 3.86. The number of carbonyl (C=O) groups is 1. The predicted molar refractivity (Wildman–Crippen MR) is 108 cm³/mol. The van der Waals surface area contributed by atoms with Gasteiger partial charge in [-0.15, -0.1) is 0 Å². The second-order valence-corrected chi connectivity index (χ2v) is 7.02. The minimum atomic E-state index is -0.349. The highest BCUT2D eigenvalue weighted by Crippen LogP contribution is 2.43. The van der Waals surface area contributed by atoms with Crippen LogP contribution in [-0.4, -0.2) is 11.1 Å². The third kappa shape index (κ3) is 2.88. The average Bonchev–Trinajstić information content (AvgIpc) is 2.74. The van der Waals surface area contributed by atoms with Crippen LogP contribution in [0.4, 0.5) is 0 Å². The van der Waals surface area contributed by atoms with E-state index < -0.39 is 0 Å². The Morgan fingerprint density at radius 1 is 0.897 bits per heavy atom. The lowest BCUT2D eigenvalue weighted by Crippen LogP contribution is -2.22. The van der Waals surface area contributed by atoms with Crippen LogP contribution in [0.5, 0.6) is 11.5 Å². The Labute approximate surface area is 165 Å². The van der Waals surface area contributed by atoms with Crippen molar-refractivity contribution in [1.82, 2.24) is 0 Å². The number of esters is 1. The fraction of sp³-hybridized carbons (Fsp3) is 0.0833. The van der Waals surface area contributed by atoms with Gasteiger partial charge in [0.15, 0.2) is 0 Å². The first kappa shape index (κ1) is 17.3. The number of rotatable bonds is 2. The van der Waals surface area contributed by atoms with E-state index in [9.17, 15) is 14.7 Å². The maximum absolute atomic E-state index is 13.2. The minimum absolute atomic E-state index is 0.126. The van der Waals surface area contributed by atoms with Gasteiger partial charge in [-0.2, -0.15) is 0 Å². The third-order valence-electron chi connectivity index (χ3n) is 5.26. The highest BCUT2D eigenvalue weighted by Gasteiger charge is 2.32. The van der Waals surface area contributed by atoms with Crippen molar-refractivity contribution in [3.05, 3.63) is 94.3 Å². The lowest BCUT2D eigenvalue weighted by atomic mass is 9.85. The molecule has 5 nitrogen and oxygen atoms in total. The lowest BCUT2D eigenvalue weighted by Gasteiger charge is -2.25. The van der Waals surface area contributed by atoms with Gasteiger partial charge < -0.3 is 14.3 Å². The van der Waals surface area contributed by atoms with Gasteiger partial charge in [0.1, 0.15) is 23.3 Å². The summed E-state index contributed by atoms with van der Waals surface area (Å²) in [5.74, 6) is -0.147. The maximum Gasteiger partial charge on any atom is 0.312 e. The van der Waals surface area contributed by atoms with Crippen molar-refractivity contribution in [3.8, 4) is 22.6 Å². The number of hydrogen-bond acceptors (Lipinski definition) is 5. The first-order valence-electron chi connectivity index (χ1n) is 9.25. The molecule has 2 heterocycles. The monoisotopic (exact) mass is 384 g/mol. The number of benzene rings is 3. The largest absolute Gasteiger partial charge is 0.508 e. The molecular weight excluding hydrogens is 368 g/mol. The molecule has 142 valence electrons. The third-order valence-corrected chi connectivity index (χ3v) is 5.26. The summed E-state index contributed by atoms with van der Waals surface area (Å²) in [4.78, 5) is 25.3. The van der Waals surface area contributed by atoms with Gasteiger partial charge in [-0.25, -0.2) is 0 Å². The Morgan fingerprint density at radius 3 is 2.41 bits per heavy atom. The smallest absolute Gasteiger partial charge is 0.312 e. The van der Waals surface area contributed by atoms with Crippen molar-refractivity contribution in [3.63, 3.8) is 0 Å². The first-order valence-corrected chi connectivity index (χ1v) is 9.25. The molecule has 5 heteroatoms. The van der Waals surface area contributed by atoms with Gasteiger partial charge in [-0.1, -0.05) is 42.5 Å². The number of hydrogen-bond donors (Lipinski definition) is 1. The Kier molecular flexibility index (Phi) is 3.95. The molecule has 0 saturated carbocycles. The Hall–Kier alpha value is -3.86. The molecule has 0 unspecified atom stereocenters. The predicted octanol–water partition coefficient (Wildman–Crippen LogP) is 4.61. The normalized spacial score (nSPS) is 15.7. The SMILES string of the molecule is O=C1C[C@@H](c2ccc(O)cc2)c2c(ccc3c(=O)c(-c4ccccc4)coc23)O1. The van der Waals surface area contributed by atoms with Crippen LogP contribution >= 0.6 is 0 Å². The van der Waals surface area contributed by atoms with Gasteiger partial charge >= 0.3 is 5.97 Å². The van der Waals surface area contributed by atoms with Gasteiger partial charge in [0.2, 0.25) is 5.43 Å². The molecular formula is C24H16O5. The number of phenolic OH excluding ortho intramolecular Hbond substituents is 1. The lowest BCUT2D eigenvalue weighted by molar-refractivity contribution is -0.135. The van der Waals surface area contributed by atoms with Gasteiger partial charge in [0, 0.05) is 11.5 Å². The number of carbonyl (C=O) groups excluding carboxylic acids is 1. The molecule has 4 aromatic rings. The Balaban J connectivity index is 1.75. The summed E-state index contributed by atoms with van der Waals surface area (Å²) >= 11 is 0. The second kappa shape index (κ2) is 6.63. The van der Waals surface area contributed by atoms with E-state index in [0.29, 0.717) is 27.8 Å². The van der Waals surface area contributed by atoms with Crippen LogP contribution in [0.15, 0.2) is 82.2 Å². The number of ether oxygens (including phenoxy) is 1. The van der Waals surface area contributed by atoms with E-state index in [1.165, 1.54) is 6.26 Å². The minimum Gasteiger partial charge on any atom is -0.508 e. The molecule has 1 N–H and O–H groups in total. The molecule has 0 aliphatic carbocycles. The van der Waals surface area contributed by atoms with E-state index in [4.69, 9.17) is 9.15 Å². The second-order valence-electron chi connectivity index (χ2n) is 7.02. The van der Waals surface area contributed by atoms with Crippen LogP contribution in [0.25, 0.3) is 22.1 Å². The summed E-state index contributed by atoms with van der Waals surface area (Å²) in [6.45, 7) is 0. The van der Waals surface area contributed by atoms with E-state index in [1.807, 2.05) is 30.3 Å². The van der Waals surface area contributed by atoms with Crippen molar-refractivity contribution in [2.45, 2.75) is 12.3 Å². The van der Waals surface area contributed by atoms with Gasteiger partial charge in [0.05, 0.1) is 17.4 Å². The van der Waals surface area contributed by atoms with Crippen LogP contribution in [-0.2, 0) is 4.79 Å². The molecule has 0 fully saturated rings. The highest BCUT2D eigenvalue weighted by molar-refractivity contribution is 5.90. The van der Waals surface area contributed by atoms with Crippen LogP contribution in [0.2, 0.25) is 0 Å². The fourth-order valence-corrected chi connectivity index (χ4v) is 3.86. The van der Waals surface area contributed by atoms with Crippen molar-refractivity contribution in [2.24, 2.45) is 0 Å². The summed E-state index contributed by atoms with van der Waals surface area (Å²) in [6.07, 6.45) is 1.59. The summed E-state index contributed by atoms with van der Waals surface area (Å²) in [5.41, 5.74) is 3.04. The molecule has 0 spiro atoms. The van der Waals surface area contributed by atoms with Gasteiger partial charge in [-0.3, -0.25) is 9.59 Å². The van der Waals surface area contributed by atoms with Crippen molar-refractivity contribution < 1.29 is 19.1 Å². The van der Waals surface area contributed by atoms with E-state index in [-0.39, 0.29) is 29.5 Å². The van der Waals surface area contributed by atoms with Crippen molar-refractivity contribution in [1.29, 1.82) is 0 Å². The summed E-state index contributed by atoms with van der Waals surface area (Å²) in [7, 11) is 0. The zero-order valence-corrected chi connectivity index (χ0v) is 15.3. The zero-order valence-electron chi connectivity index (χ0n) is 15.3. The first-order chi connectivity index (χ1) is 14.1.